The van der Waals surface area contributed by atoms with Crippen LogP contribution in [0.1, 0.15) is 11.3 Å². The van der Waals surface area contributed by atoms with E-state index in [2.05, 4.69) is 25.3 Å². The van der Waals surface area contributed by atoms with Crippen LogP contribution in [-0.4, -0.2) is 30.4 Å². The van der Waals surface area contributed by atoms with Gasteiger partial charge in [-0.25, -0.2) is 15.0 Å². The third-order valence-corrected chi connectivity index (χ3v) is 4.18. The molecule has 0 aliphatic carbocycles. The zero-order valence-electron chi connectivity index (χ0n) is 14.8. The van der Waals surface area contributed by atoms with Gasteiger partial charge in [0.1, 0.15) is 12.1 Å². The van der Waals surface area contributed by atoms with Gasteiger partial charge in [-0.15, -0.1) is 0 Å². The molecule has 4 rings (SSSR count). The normalized spacial score (nSPS) is 10.9. The van der Waals surface area contributed by atoms with Crippen LogP contribution < -0.4 is 16.6 Å². The minimum Gasteiger partial charge on any atom is -0.369 e. The first kappa shape index (κ1) is 17.4. The summed E-state index contributed by atoms with van der Waals surface area (Å²) in [6, 6.07) is 12.7. The van der Waals surface area contributed by atoms with Crippen molar-refractivity contribution in [3.05, 3.63) is 76.6 Å². The average Bonchev–Trinajstić information content (AvgIpc) is 3.10. The fraction of sp³-hybridized carbons (Fsp3) is 0.105. The molecule has 140 valence electrons. The monoisotopic (exact) mass is 375 g/mol. The largest absolute Gasteiger partial charge is 0.369 e. The smallest absolute Gasteiger partial charge is 0.252 e. The lowest BCUT2D eigenvalue weighted by Gasteiger charge is -2.11. The van der Waals surface area contributed by atoms with E-state index in [0.717, 1.165) is 16.6 Å². The number of nitrogens with zero attached hydrogens (tertiary/aromatic N) is 4. The molecule has 0 bridgehead atoms. The Hall–Kier alpha value is -4.01. The summed E-state index contributed by atoms with van der Waals surface area (Å²) in [5.41, 5.74) is 8.04. The summed E-state index contributed by atoms with van der Waals surface area (Å²) in [6.07, 6.45) is 3.36. The van der Waals surface area contributed by atoms with Crippen LogP contribution in [0.25, 0.3) is 16.9 Å². The highest BCUT2D eigenvalue weighted by Crippen LogP contribution is 2.19. The summed E-state index contributed by atoms with van der Waals surface area (Å²) in [6.45, 7) is 0.271. The molecule has 0 unspecified atom stereocenters. The predicted molar refractivity (Wildman–Crippen MR) is 104 cm³/mol. The summed E-state index contributed by atoms with van der Waals surface area (Å²) in [5.74, 6) is 0.398. The number of carbonyl (C=O) groups excluding carboxylic acids is 1. The lowest BCUT2D eigenvalue weighted by atomic mass is 10.2. The molecule has 0 saturated carbocycles. The van der Waals surface area contributed by atoms with Gasteiger partial charge in [0.2, 0.25) is 11.9 Å². The van der Waals surface area contributed by atoms with Crippen molar-refractivity contribution in [2.24, 2.45) is 0 Å². The van der Waals surface area contributed by atoms with Gasteiger partial charge in [0.05, 0.1) is 23.1 Å². The van der Waals surface area contributed by atoms with Gasteiger partial charge in [-0.3, -0.25) is 19.1 Å². The summed E-state index contributed by atoms with van der Waals surface area (Å²) < 4.78 is 1.88. The first-order valence-corrected chi connectivity index (χ1v) is 8.59. The van der Waals surface area contributed by atoms with E-state index in [1.807, 2.05) is 41.0 Å². The Morgan fingerprint density at radius 1 is 1.18 bits per heavy atom. The number of benzene rings is 1. The molecule has 4 N–H and O–H groups in total. The van der Waals surface area contributed by atoms with Crippen LogP contribution in [0, 0.1) is 0 Å². The van der Waals surface area contributed by atoms with Crippen molar-refractivity contribution in [2.45, 2.75) is 13.0 Å². The second kappa shape index (κ2) is 7.31. The molecule has 1 amide bonds. The van der Waals surface area contributed by atoms with Gasteiger partial charge in [0.25, 0.3) is 5.56 Å². The molecular formula is C19H17N7O2. The SMILES string of the molecule is Nc1nc(CC(=O)NCc2cccnc2-n2cnc3ccccc32)cc(=O)[nH]1. The molecule has 0 fully saturated rings. The Labute approximate surface area is 159 Å². The van der Waals surface area contributed by atoms with Crippen LogP contribution in [0.15, 0.2) is 59.8 Å². The number of rotatable bonds is 5. The average molecular weight is 375 g/mol. The summed E-state index contributed by atoms with van der Waals surface area (Å²) >= 11 is 0. The predicted octanol–water partition coefficient (Wildman–Crippen LogP) is 0.945. The summed E-state index contributed by atoms with van der Waals surface area (Å²) in [7, 11) is 0. The van der Waals surface area contributed by atoms with Crippen molar-refractivity contribution in [1.29, 1.82) is 0 Å². The lowest BCUT2D eigenvalue weighted by Crippen LogP contribution is -2.26. The second-order valence-electron chi connectivity index (χ2n) is 6.16. The maximum Gasteiger partial charge on any atom is 0.252 e. The number of carbonyl (C=O) groups is 1. The third kappa shape index (κ3) is 3.58. The molecule has 0 atom stereocenters. The summed E-state index contributed by atoms with van der Waals surface area (Å²) in [5, 5.41) is 2.83. The van der Waals surface area contributed by atoms with Crippen molar-refractivity contribution in [2.75, 3.05) is 5.73 Å². The minimum atomic E-state index is -0.392. The fourth-order valence-corrected chi connectivity index (χ4v) is 2.95. The van der Waals surface area contributed by atoms with Crippen LogP contribution in [0.5, 0.6) is 0 Å². The van der Waals surface area contributed by atoms with E-state index in [1.165, 1.54) is 6.07 Å². The van der Waals surface area contributed by atoms with Gasteiger partial charge >= 0.3 is 0 Å². The van der Waals surface area contributed by atoms with Crippen LogP contribution >= 0.6 is 0 Å². The Bertz CT molecular complexity index is 1210. The van der Waals surface area contributed by atoms with Crippen molar-refractivity contribution >= 4 is 22.9 Å². The van der Waals surface area contributed by atoms with E-state index >= 15 is 0 Å². The number of nitrogens with one attached hydrogen (secondary N) is 2. The first-order chi connectivity index (χ1) is 13.6. The minimum absolute atomic E-state index is 0.0168. The van der Waals surface area contributed by atoms with Gasteiger partial charge in [0, 0.05) is 24.4 Å². The van der Waals surface area contributed by atoms with Crippen LogP contribution in [0.4, 0.5) is 5.95 Å². The zero-order valence-corrected chi connectivity index (χ0v) is 14.8. The molecule has 9 heteroatoms. The molecule has 1 aromatic carbocycles. The third-order valence-electron chi connectivity index (χ3n) is 4.18. The van der Waals surface area contributed by atoms with Crippen molar-refractivity contribution in [3.8, 4) is 5.82 Å². The number of pyridine rings is 1. The quantitative estimate of drug-likeness (QED) is 0.476. The number of aromatic nitrogens is 5. The number of H-pyrrole nitrogens is 1. The number of imidazole rings is 1. The first-order valence-electron chi connectivity index (χ1n) is 8.59. The molecule has 0 saturated heterocycles. The van der Waals surface area contributed by atoms with Crippen LogP contribution in [0.3, 0.4) is 0 Å². The molecule has 0 aliphatic rings. The van der Waals surface area contributed by atoms with E-state index in [-0.39, 0.29) is 24.8 Å². The van der Waals surface area contributed by atoms with Gasteiger partial charge in [-0.2, -0.15) is 0 Å². The van der Waals surface area contributed by atoms with Crippen LogP contribution in [-0.2, 0) is 17.8 Å². The Morgan fingerprint density at radius 2 is 2.04 bits per heavy atom. The number of nitrogens with two attached hydrogens (primary N) is 1. The number of nitrogen functional groups attached to an aromatic ring is 1. The molecule has 0 radical (unpaired) electrons. The van der Waals surface area contributed by atoms with Crippen molar-refractivity contribution in [3.63, 3.8) is 0 Å². The number of aromatic amines is 1. The second-order valence-corrected chi connectivity index (χ2v) is 6.16. The van der Waals surface area contributed by atoms with Gasteiger partial charge < -0.3 is 11.1 Å². The lowest BCUT2D eigenvalue weighted by molar-refractivity contribution is -0.120. The number of fused-ring (bicyclic) bond motifs is 1. The number of anilines is 1. The van der Waals surface area contributed by atoms with E-state index in [4.69, 9.17) is 5.73 Å². The topological polar surface area (TPSA) is 132 Å². The maximum absolute atomic E-state index is 12.3. The van der Waals surface area contributed by atoms with E-state index in [0.29, 0.717) is 11.5 Å². The van der Waals surface area contributed by atoms with Gasteiger partial charge in [0.15, 0.2) is 0 Å². The van der Waals surface area contributed by atoms with Crippen molar-refractivity contribution < 1.29 is 4.79 Å². The molecule has 0 spiro atoms. The highest BCUT2D eigenvalue weighted by atomic mass is 16.1. The van der Waals surface area contributed by atoms with Gasteiger partial charge in [-0.05, 0) is 18.2 Å². The summed E-state index contributed by atoms with van der Waals surface area (Å²) in [4.78, 5) is 38.8. The molecule has 9 nitrogen and oxygen atoms in total. The Balaban J connectivity index is 1.53. The maximum atomic E-state index is 12.3. The standard InChI is InChI=1S/C19H17N7O2/c20-19-24-13(9-17(28)25-19)8-16(27)22-10-12-4-3-7-21-18(12)26-11-23-14-5-1-2-6-15(14)26/h1-7,9,11H,8,10H2,(H,22,27)(H3,20,24,25,28). The molecule has 3 heterocycles. The zero-order chi connectivity index (χ0) is 19.5. The van der Waals surface area contributed by atoms with Gasteiger partial charge in [-0.1, -0.05) is 18.2 Å². The molecular weight excluding hydrogens is 358 g/mol. The Morgan fingerprint density at radius 3 is 2.89 bits per heavy atom. The molecule has 4 aromatic rings. The van der Waals surface area contributed by atoms with E-state index in [1.54, 1.807) is 12.5 Å². The highest BCUT2D eigenvalue weighted by Gasteiger charge is 2.12. The number of para-hydroxylation sites is 2. The molecule has 28 heavy (non-hydrogen) atoms. The number of hydrogen-bond donors (Lipinski definition) is 3. The van der Waals surface area contributed by atoms with E-state index < -0.39 is 5.56 Å². The highest BCUT2D eigenvalue weighted by molar-refractivity contribution is 5.79. The van der Waals surface area contributed by atoms with E-state index in [9.17, 15) is 9.59 Å². The molecule has 3 aromatic heterocycles. The number of hydrogen-bond acceptors (Lipinski definition) is 6. The Kier molecular flexibility index (Phi) is 4.55. The van der Waals surface area contributed by atoms with Crippen LogP contribution in [0.2, 0.25) is 0 Å². The molecule has 0 aliphatic heterocycles. The number of amides is 1. The van der Waals surface area contributed by atoms with Crippen molar-refractivity contribution in [1.82, 2.24) is 29.8 Å². The fourth-order valence-electron chi connectivity index (χ4n) is 2.95.